The van der Waals surface area contributed by atoms with Gasteiger partial charge in [-0.15, -0.1) is 0 Å². The molecule has 296 valence electrons. The van der Waals surface area contributed by atoms with E-state index in [0.717, 1.165) is 0 Å². The van der Waals surface area contributed by atoms with E-state index < -0.39 is 0 Å². The SMILES string of the molecule is CCCCCCCCCCCCCCCCCCn1cc[n+](CCCCCCCCCC)c1CCCCCCCCCCCCCCCCC. The summed E-state index contributed by atoms with van der Waals surface area (Å²) in [5.41, 5.74) is 0. The van der Waals surface area contributed by atoms with Crippen LogP contribution in [0.3, 0.4) is 0 Å². The fraction of sp³-hybridized carbons (Fsp3) is 0.938. The number of unbranched alkanes of at least 4 members (excludes halogenated alkanes) is 36. The Morgan fingerprint density at radius 1 is 0.340 bits per heavy atom. The molecule has 0 unspecified atom stereocenters. The zero-order valence-corrected chi connectivity index (χ0v) is 35.2. The molecule has 0 aromatic carbocycles. The van der Waals surface area contributed by atoms with Crippen molar-refractivity contribution in [2.75, 3.05) is 0 Å². The average Bonchev–Trinajstić information content (AvgIpc) is 3.51. The van der Waals surface area contributed by atoms with Crippen molar-refractivity contribution in [1.29, 1.82) is 0 Å². The quantitative estimate of drug-likeness (QED) is 0.0474. The number of nitrogens with zero attached hydrogens (tertiary/aromatic N) is 2. The molecule has 0 aliphatic heterocycles. The summed E-state index contributed by atoms with van der Waals surface area (Å²) in [6.45, 7) is 9.41. The minimum atomic E-state index is 1.23. The topological polar surface area (TPSA) is 8.81 Å². The van der Waals surface area contributed by atoms with Gasteiger partial charge in [0.25, 0.3) is 5.82 Å². The second-order valence-electron chi connectivity index (χ2n) is 16.6. The minimum absolute atomic E-state index is 1.23. The minimum Gasteiger partial charge on any atom is -0.234 e. The molecule has 0 saturated carbocycles. The molecule has 1 aromatic heterocycles. The fourth-order valence-corrected chi connectivity index (χ4v) is 8.09. The summed E-state index contributed by atoms with van der Waals surface area (Å²) in [5, 5.41) is 0. The molecule has 50 heavy (non-hydrogen) atoms. The Bertz CT molecular complexity index is 766. The van der Waals surface area contributed by atoms with Crippen LogP contribution in [0.4, 0.5) is 0 Å². The number of hydrogen-bond donors (Lipinski definition) is 0. The van der Waals surface area contributed by atoms with Gasteiger partial charge in [-0.3, -0.25) is 0 Å². The Kier molecular flexibility index (Phi) is 37.2. The summed E-state index contributed by atoms with van der Waals surface area (Å²) >= 11 is 0. The molecule has 0 N–H and O–H groups in total. The molecule has 0 fully saturated rings. The van der Waals surface area contributed by atoms with Crippen molar-refractivity contribution in [3.8, 4) is 0 Å². The van der Waals surface area contributed by atoms with E-state index in [1.807, 2.05) is 0 Å². The first-order chi connectivity index (χ1) is 24.8. The van der Waals surface area contributed by atoms with Crippen LogP contribution in [-0.2, 0) is 19.5 Å². The van der Waals surface area contributed by atoms with Crippen LogP contribution in [0.5, 0.6) is 0 Å². The summed E-state index contributed by atoms with van der Waals surface area (Å²) in [5.74, 6) is 1.63. The molecule has 1 aromatic rings. The van der Waals surface area contributed by atoms with Crippen molar-refractivity contribution in [2.24, 2.45) is 0 Å². The smallest absolute Gasteiger partial charge is 0.234 e. The third-order valence-corrected chi connectivity index (χ3v) is 11.6. The summed E-state index contributed by atoms with van der Waals surface area (Å²) in [6, 6.07) is 0. The van der Waals surface area contributed by atoms with Crippen molar-refractivity contribution in [1.82, 2.24) is 4.57 Å². The number of hydrogen-bond acceptors (Lipinski definition) is 0. The van der Waals surface area contributed by atoms with Crippen molar-refractivity contribution < 1.29 is 4.57 Å². The molecular weight excluding hydrogens is 605 g/mol. The van der Waals surface area contributed by atoms with Gasteiger partial charge in [-0.25, -0.2) is 9.13 Å². The lowest BCUT2D eigenvalue weighted by molar-refractivity contribution is -0.704. The van der Waals surface area contributed by atoms with Gasteiger partial charge < -0.3 is 0 Å². The predicted octanol–water partition coefficient (Wildman–Crippen LogP) is 16.6. The predicted molar refractivity (Wildman–Crippen MR) is 225 cm³/mol. The molecule has 0 bridgehead atoms. The molecule has 1 rings (SSSR count). The van der Waals surface area contributed by atoms with Gasteiger partial charge >= 0.3 is 0 Å². The van der Waals surface area contributed by atoms with Crippen LogP contribution >= 0.6 is 0 Å². The Labute approximate surface area is 317 Å². The first-order valence-electron chi connectivity index (χ1n) is 23.9. The molecule has 1 heterocycles. The molecule has 0 saturated heterocycles. The molecule has 0 spiro atoms. The van der Waals surface area contributed by atoms with Gasteiger partial charge in [0.15, 0.2) is 0 Å². The highest BCUT2D eigenvalue weighted by molar-refractivity contribution is 4.84. The first kappa shape index (κ1) is 47.2. The summed E-state index contributed by atoms with van der Waals surface area (Å²) in [6.07, 6.45) is 62.3. The maximum absolute atomic E-state index is 2.65. The van der Waals surface area contributed by atoms with E-state index in [1.165, 1.54) is 270 Å². The van der Waals surface area contributed by atoms with Crippen LogP contribution in [-0.4, -0.2) is 4.57 Å². The van der Waals surface area contributed by atoms with Crippen LogP contribution in [0.2, 0.25) is 0 Å². The number of aromatic nitrogens is 2. The highest BCUT2D eigenvalue weighted by Crippen LogP contribution is 2.17. The highest BCUT2D eigenvalue weighted by Gasteiger charge is 2.16. The van der Waals surface area contributed by atoms with Crippen LogP contribution in [0, 0.1) is 0 Å². The maximum Gasteiger partial charge on any atom is 0.256 e. The summed E-state index contributed by atoms with van der Waals surface area (Å²) in [7, 11) is 0. The number of imidazole rings is 1. The van der Waals surface area contributed by atoms with Crippen molar-refractivity contribution >= 4 is 0 Å². The Morgan fingerprint density at radius 3 is 0.960 bits per heavy atom. The van der Waals surface area contributed by atoms with Gasteiger partial charge in [-0.05, 0) is 32.1 Å². The van der Waals surface area contributed by atoms with E-state index >= 15 is 0 Å². The van der Waals surface area contributed by atoms with Crippen LogP contribution < -0.4 is 4.57 Å². The largest absolute Gasteiger partial charge is 0.256 e. The van der Waals surface area contributed by atoms with E-state index in [2.05, 4.69) is 42.3 Å². The monoisotopic (exact) mass is 700 g/mol. The lowest BCUT2D eigenvalue weighted by Crippen LogP contribution is -2.37. The Hall–Kier alpha value is -0.790. The highest BCUT2D eigenvalue weighted by atomic mass is 15.1. The average molecular weight is 700 g/mol. The third kappa shape index (κ3) is 30.8. The zero-order chi connectivity index (χ0) is 35.8. The maximum atomic E-state index is 2.65. The lowest BCUT2D eigenvalue weighted by atomic mass is 10.0. The number of rotatable bonds is 42. The molecule has 0 aliphatic rings. The number of aryl methyl sites for hydroxylation is 2. The summed E-state index contributed by atoms with van der Waals surface area (Å²) < 4.78 is 5.30. The van der Waals surface area contributed by atoms with Gasteiger partial charge in [-0.1, -0.05) is 239 Å². The van der Waals surface area contributed by atoms with Crippen LogP contribution in [0.1, 0.15) is 277 Å². The molecule has 0 atom stereocenters. The fourth-order valence-electron chi connectivity index (χ4n) is 8.09. The normalized spacial score (nSPS) is 11.7. The van der Waals surface area contributed by atoms with E-state index in [1.54, 1.807) is 5.82 Å². The zero-order valence-electron chi connectivity index (χ0n) is 35.2. The van der Waals surface area contributed by atoms with E-state index in [9.17, 15) is 0 Å². The lowest BCUT2D eigenvalue weighted by Gasteiger charge is -2.07. The molecule has 0 aliphatic carbocycles. The van der Waals surface area contributed by atoms with Crippen LogP contribution in [0.15, 0.2) is 12.4 Å². The van der Waals surface area contributed by atoms with Gasteiger partial charge in [0.05, 0.1) is 13.1 Å². The molecule has 0 radical (unpaired) electrons. The standard InChI is InChI=1S/C48H95N2/c1-4-7-10-13-16-19-21-23-25-27-29-31-33-36-39-42-45-50-47-46-49(44-41-38-35-18-15-12-9-6-3)48(50)43-40-37-34-32-30-28-26-24-22-20-17-14-11-8-5-2/h46-47H,4-45H2,1-3H3/q+1. The Morgan fingerprint density at radius 2 is 0.620 bits per heavy atom. The van der Waals surface area contributed by atoms with E-state index in [-0.39, 0.29) is 0 Å². The molecule has 2 heteroatoms. The molecular formula is C48H95N2+. The molecule has 0 amide bonds. The van der Waals surface area contributed by atoms with Gasteiger partial charge in [-0.2, -0.15) is 0 Å². The van der Waals surface area contributed by atoms with Gasteiger partial charge in [0.2, 0.25) is 0 Å². The summed E-state index contributed by atoms with van der Waals surface area (Å²) in [4.78, 5) is 0. The van der Waals surface area contributed by atoms with E-state index in [4.69, 9.17) is 0 Å². The second kappa shape index (κ2) is 39.4. The van der Waals surface area contributed by atoms with E-state index in [0.29, 0.717) is 0 Å². The van der Waals surface area contributed by atoms with Gasteiger partial charge in [0.1, 0.15) is 12.4 Å². The first-order valence-corrected chi connectivity index (χ1v) is 23.9. The van der Waals surface area contributed by atoms with Gasteiger partial charge in [0, 0.05) is 6.42 Å². The second-order valence-corrected chi connectivity index (χ2v) is 16.6. The molecule has 2 nitrogen and oxygen atoms in total. The Balaban J connectivity index is 2.22. The van der Waals surface area contributed by atoms with Crippen molar-refractivity contribution in [3.63, 3.8) is 0 Å². The van der Waals surface area contributed by atoms with Crippen LogP contribution in [0.25, 0.3) is 0 Å². The van der Waals surface area contributed by atoms with Crippen molar-refractivity contribution in [3.05, 3.63) is 18.2 Å². The van der Waals surface area contributed by atoms with Crippen molar-refractivity contribution in [2.45, 2.75) is 291 Å². The third-order valence-electron chi connectivity index (χ3n) is 11.6.